The SMILES string of the molecule is CC(C)Cn1cc(C=O)c(CCl)n1. The van der Waals surface area contributed by atoms with Crippen molar-refractivity contribution in [3.05, 3.63) is 17.5 Å². The van der Waals surface area contributed by atoms with Crippen molar-refractivity contribution in [1.29, 1.82) is 0 Å². The molecule has 0 aliphatic rings. The van der Waals surface area contributed by atoms with E-state index in [1.54, 1.807) is 10.9 Å². The van der Waals surface area contributed by atoms with Crippen LogP contribution in [0.15, 0.2) is 6.20 Å². The molecule has 0 amide bonds. The van der Waals surface area contributed by atoms with Gasteiger partial charge in [0.15, 0.2) is 6.29 Å². The maximum absolute atomic E-state index is 10.6. The van der Waals surface area contributed by atoms with Crippen molar-refractivity contribution in [2.45, 2.75) is 26.3 Å². The van der Waals surface area contributed by atoms with E-state index in [2.05, 4.69) is 18.9 Å². The van der Waals surface area contributed by atoms with Gasteiger partial charge in [0.2, 0.25) is 0 Å². The van der Waals surface area contributed by atoms with Crippen molar-refractivity contribution in [2.75, 3.05) is 0 Å². The van der Waals surface area contributed by atoms with Crippen molar-refractivity contribution in [3.63, 3.8) is 0 Å². The summed E-state index contributed by atoms with van der Waals surface area (Å²) in [5, 5.41) is 4.19. The summed E-state index contributed by atoms with van der Waals surface area (Å²) in [5.41, 5.74) is 1.26. The topological polar surface area (TPSA) is 34.9 Å². The van der Waals surface area contributed by atoms with Crippen molar-refractivity contribution in [2.24, 2.45) is 5.92 Å². The Bertz CT molecular complexity index is 294. The fourth-order valence-electron chi connectivity index (χ4n) is 1.15. The van der Waals surface area contributed by atoms with Crippen molar-refractivity contribution in [3.8, 4) is 0 Å². The van der Waals surface area contributed by atoms with Crippen LogP contribution in [0.4, 0.5) is 0 Å². The van der Waals surface area contributed by atoms with E-state index in [0.717, 1.165) is 12.8 Å². The van der Waals surface area contributed by atoms with E-state index in [9.17, 15) is 4.79 Å². The number of nitrogens with zero attached hydrogens (tertiary/aromatic N) is 2. The standard InChI is InChI=1S/C9H13ClN2O/c1-7(2)4-12-5-8(6-13)9(3-10)11-12/h5-7H,3-4H2,1-2H3. The van der Waals surface area contributed by atoms with Gasteiger partial charge in [-0.2, -0.15) is 5.10 Å². The summed E-state index contributed by atoms with van der Waals surface area (Å²) in [5.74, 6) is 0.807. The average Bonchev–Trinajstić information content (AvgIpc) is 2.45. The third kappa shape index (κ3) is 2.56. The number of carbonyl (C=O) groups excluding carboxylic acids is 1. The molecule has 13 heavy (non-hydrogen) atoms. The summed E-state index contributed by atoms with van der Waals surface area (Å²) in [4.78, 5) is 10.6. The monoisotopic (exact) mass is 200 g/mol. The van der Waals surface area contributed by atoms with Crippen LogP contribution in [0.1, 0.15) is 29.9 Å². The van der Waals surface area contributed by atoms with Gasteiger partial charge in [0.25, 0.3) is 0 Å². The highest BCUT2D eigenvalue weighted by Crippen LogP contribution is 2.08. The number of hydrogen-bond acceptors (Lipinski definition) is 2. The summed E-state index contributed by atoms with van der Waals surface area (Å²) in [6, 6.07) is 0. The van der Waals surface area contributed by atoms with Crippen molar-refractivity contribution in [1.82, 2.24) is 9.78 Å². The summed E-state index contributed by atoms with van der Waals surface area (Å²) < 4.78 is 1.77. The third-order valence-electron chi connectivity index (χ3n) is 1.68. The lowest BCUT2D eigenvalue weighted by atomic mass is 10.2. The Hall–Kier alpha value is -0.830. The van der Waals surface area contributed by atoms with E-state index < -0.39 is 0 Å². The van der Waals surface area contributed by atoms with Crippen LogP contribution in [-0.4, -0.2) is 16.1 Å². The Labute approximate surface area is 82.7 Å². The molecular weight excluding hydrogens is 188 g/mol. The molecule has 1 aromatic rings. The predicted octanol–water partition coefficient (Wildman–Crippen LogP) is 2.09. The number of aldehydes is 1. The van der Waals surface area contributed by atoms with Crippen LogP contribution in [0.5, 0.6) is 0 Å². The molecule has 0 spiro atoms. The number of carbonyl (C=O) groups is 1. The highest BCUT2D eigenvalue weighted by molar-refractivity contribution is 6.17. The highest BCUT2D eigenvalue weighted by atomic mass is 35.5. The van der Waals surface area contributed by atoms with Gasteiger partial charge in [0.05, 0.1) is 17.1 Å². The Morgan fingerprint density at radius 1 is 1.69 bits per heavy atom. The zero-order valence-electron chi connectivity index (χ0n) is 7.83. The van der Waals surface area contributed by atoms with Gasteiger partial charge in [-0.15, -0.1) is 11.6 Å². The van der Waals surface area contributed by atoms with Crippen LogP contribution in [0, 0.1) is 5.92 Å². The normalized spacial score (nSPS) is 10.8. The molecule has 0 aliphatic heterocycles. The molecule has 0 unspecified atom stereocenters. The molecule has 0 N–H and O–H groups in total. The van der Waals surface area contributed by atoms with Gasteiger partial charge in [-0.25, -0.2) is 0 Å². The molecular formula is C9H13ClN2O. The summed E-state index contributed by atoms with van der Waals surface area (Å²) in [7, 11) is 0. The Kier molecular flexibility index (Phi) is 3.48. The van der Waals surface area contributed by atoms with E-state index in [4.69, 9.17) is 11.6 Å². The molecule has 0 atom stereocenters. The maximum Gasteiger partial charge on any atom is 0.153 e. The van der Waals surface area contributed by atoms with Crippen LogP contribution >= 0.6 is 11.6 Å². The summed E-state index contributed by atoms with van der Waals surface area (Å²) >= 11 is 5.63. The van der Waals surface area contributed by atoms with E-state index >= 15 is 0 Å². The molecule has 1 heterocycles. The van der Waals surface area contributed by atoms with Crippen LogP contribution < -0.4 is 0 Å². The number of rotatable bonds is 4. The molecule has 72 valence electrons. The van der Waals surface area contributed by atoms with Crippen molar-refractivity contribution < 1.29 is 4.79 Å². The molecule has 1 rings (SSSR count). The summed E-state index contributed by atoms with van der Waals surface area (Å²) in [6.07, 6.45) is 2.53. The molecule has 4 heteroatoms. The van der Waals surface area contributed by atoms with E-state index in [0.29, 0.717) is 23.1 Å². The first-order valence-electron chi connectivity index (χ1n) is 4.24. The largest absolute Gasteiger partial charge is 0.298 e. The number of aromatic nitrogens is 2. The quantitative estimate of drug-likeness (QED) is 0.551. The zero-order chi connectivity index (χ0) is 9.84. The minimum Gasteiger partial charge on any atom is -0.298 e. The minimum absolute atomic E-state index is 0.291. The fourth-order valence-corrected chi connectivity index (χ4v) is 1.35. The first-order chi connectivity index (χ1) is 6.17. The second kappa shape index (κ2) is 4.42. The highest BCUT2D eigenvalue weighted by Gasteiger charge is 2.07. The predicted molar refractivity (Wildman–Crippen MR) is 52.0 cm³/mol. The van der Waals surface area contributed by atoms with Gasteiger partial charge >= 0.3 is 0 Å². The summed E-state index contributed by atoms with van der Waals surface area (Å²) in [6.45, 7) is 5.02. The van der Waals surface area contributed by atoms with E-state index in [1.807, 2.05) is 0 Å². The maximum atomic E-state index is 10.6. The minimum atomic E-state index is 0.291. The van der Waals surface area contributed by atoms with Gasteiger partial charge in [-0.3, -0.25) is 9.48 Å². The number of alkyl halides is 1. The van der Waals surface area contributed by atoms with Gasteiger partial charge in [0.1, 0.15) is 0 Å². The van der Waals surface area contributed by atoms with E-state index in [1.165, 1.54) is 0 Å². The molecule has 0 radical (unpaired) electrons. The Balaban J connectivity index is 2.86. The second-order valence-electron chi connectivity index (χ2n) is 3.40. The molecule has 0 aliphatic carbocycles. The molecule has 1 aromatic heterocycles. The lowest BCUT2D eigenvalue weighted by molar-refractivity contribution is 0.112. The molecule has 0 aromatic carbocycles. The first-order valence-corrected chi connectivity index (χ1v) is 4.78. The number of halogens is 1. The van der Waals surface area contributed by atoms with Gasteiger partial charge in [-0.1, -0.05) is 13.8 Å². The Morgan fingerprint density at radius 2 is 2.38 bits per heavy atom. The van der Waals surface area contributed by atoms with E-state index in [-0.39, 0.29) is 0 Å². The molecule has 0 saturated carbocycles. The lowest BCUT2D eigenvalue weighted by Crippen LogP contribution is -2.04. The van der Waals surface area contributed by atoms with Crippen LogP contribution in [-0.2, 0) is 12.4 Å². The molecule has 0 bridgehead atoms. The average molecular weight is 201 g/mol. The molecule has 0 saturated heterocycles. The van der Waals surface area contributed by atoms with Gasteiger partial charge in [-0.05, 0) is 5.92 Å². The smallest absolute Gasteiger partial charge is 0.153 e. The van der Waals surface area contributed by atoms with Crippen molar-refractivity contribution >= 4 is 17.9 Å². The molecule has 0 fully saturated rings. The second-order valence-corrected chi connectivity index (χ2v) is 3.67. The molecule has 3 nitrogen and oxygen atoms in total. The lowest BCUT2D eigenvalue weighted by Gasteiger charge is -2.03. The van der Waals surface area contributed by atoms with Crippen LogP contribution in [0.3, 0.4) is 0 Å². The van der Waals surface area contributed by atoms with Gasteiger partial charge in [0, 0.05) is 12.7 Å². The number of hydrogen-bond donors (Lipinski definition) is 0. The first kappa shape index (κ1) is 10.3. The van der Waals surface area contributed by atoms with Crippen LogP contribution in [0.2, 0.25) is 0 Å². The fraction of sp³-hybridized carbons (Fsp3) is 0.556. The van der Waals surface area contributed by atoms with Crippen LogP contribution in [0.25, 0.3) is 0 Å². The Morgan fingerprint density at radius 3 is 2.77 bits per heavy atom. The van der Waals surface area contributed by atoms with Gasteiger partial charge < -0.3 is 0 Å². The zero-order valence-corrected chi connectivity index (χ0v) is 8.58. The third-order valence-corrected chi connectivity index (χ3v) is 1.93.